The number of aromatic nitrogens is 4. The van der Waals surface area contributed by atoms with E-state index in [1.54, 1.807) is 7.05 Å². The van der Waals surface area contributed by atoms with Crippen molar-refractivity contribution in [3.05, 3.63) is 23.5 Å². The van der Waals surface area contributed by atoms with Gasteiger partial charge in [-0.3, -0.25) is 0 Å². The minimum atomic E-state index is -2.71. The number of nitrogens with zero attached hydrogens (tertiary/aromatic N) is 4. The molecule has 10 heteroatoms. The molecule has 2 aliphatic carbocycles. The van der Waals surface area contributed by atoms with Gasteiger partial charge in [-0.05, 0) is 44.2 Å². The molecular formula is C22H31F2N5O3. The lowest BCUT2D eigenvalue weighted by Gasteiger charge is -2.27. The molecular weight excluding hydrogens is 420 g/mol. The molecule has 8 nitrogen and oxygen atoms in total. The molecule has 0 radical (unpaired) electrons. The number of pyridine rings is 1. The maximum Gasteiger partial charge on any atom is 0.407 e. The van der Waals surface area contributed by atoms with Gasteiger partial charge in [0, 0.05) is 14.9 Å². The highest BCUT2D eigenvalue weighted by Gasteiger charge is 2.57. The molecule has 4 rings (SSSR count). The van der Waals surface area contributed by atoms with Crippen LogP contribution < -0.4 is 10.1 Å². The summed E-state index contributed by atoms with van der Waals surface area (Å²) in [4.78, 5) is 16.5. The Bertz CT molecular complexity index is 987. The van der Waals surface area contributed by atoms with Crippen LogP contribution in [0.5, 0.6) is 5.75 Å². The van der Waals surface area contributed by atoms with Crippen LogP contribution in [-0.4, -0.2) is 44.7 Å². The summed E-state index contributed by atoms with van der Waals surface area (Å²) < 4.78 is 38.4. The molecule has 2 saturated carbocycles. The summed E-state index contributed by atoms with van der Waals surface area (Å²) in [5.41, 5.74) is 2.53. The minimum Gasteiger partial charge on any atom is -0.489 e. The number of hydrogen-bond donors (Lipinski definition) is 1. The van der Waals surface area contributed by atoms with Crippen molar-refractivity contribution < 1.29 is 24.5 Å². The van der Waals surface area contributed by atoms with E-state index in [1.165, 1.54) is 17.5 Å². The molecule has 2 aromatic heterocycles. The largest absolute Gasteiger partial charge is 0.489 e. The van der Waals surface area contributed by atoms with E-state index in [9.17, 15) is 13.6 Å². The highest BCUT2D eigenvalue weighted by Crippen LogP contribution is 2.48. The van der Waals surface area contributed by atoms with Crippen molar-refractivity contribution in [3.8, 4) is 17.1 Å². The van der Waals surface area contributed by atoms with Gasteiger partial charge in [0.05, 0.1) is 35.6 Å². The molecule has 0 spiro atoms. The molecule has 0 aromatic carbocycles. The first-order valence-corrected chi connectivity index (χ1v) is 11.0. The van der Waals surface area contributed by atoms with E-state index in [0.717, 1.165) is 24.3 Å². The molecule has 2 heterocycles. The number of rotatable bonds is 7. The van der Waals surface area contributed by atoms with E-state index in [2.05, 4.69) is 27.5 Å². The van der Waals surface area contributed by atoms with Gasteiger partial charge in [-0.15, -0.1) is 5.10 Å². The van der Waals surface area contributed by atoms with Gasteiger partial charge in [0.15, 0.2) is 0 Å². The molecule has 0 aliphatic heterocycles. The summed E-state index contributed by atoms with van der Waals surface area (Å²) in [6.45, 7) is 3.93. The monoisotopic (exact) mass is 451 g/mol. The highest BCUT2D eigenvalue weighted by atomic mass is 19.3. The van der Waals surface area contributed by atoms with Crippen LogP contribution in [0.2, 0.25) is 0 Å². The summed E-state index contributed by atoms with van der Waals surface area (Å²) in [5, 5.41) is 10.8. The highest BCUT2D eigenvalue weighted by molar-refractivity contribution is 5.68. The third-order valence-corrected chi connectivity index (χ3v) is 6.18. The molecule has 2 fully saturated rings. The second kappa shape index (κ2) is 8.99. The van der Waals surface area contributed by atoms with E-state index in [4.69, 9.17) is 9.47 Å². The zero-order chi connectivity index (χ0) is 22.9. The molecule has 1 amide bonds. The topological polar surface area (TPSA) is 91.2 Å². The van der Waals surface area contributed by atoms with Crippen molar-refractivity contribution >= 4 is 6.09 Å². The standard InChI is InChI=1S/C22H29F2N5O3.H2/c1-13-5-4-6-16(9-13)32-19-8-7-17(26-14(19)2)20-18(29(3)28-27-20)11-25-21(30)31-12-15-10-22(15,23)24;/h7-8,13,15-16H,4-6,9-12H2,1-3H3,(H,25,30);1H/t13-,15+,16-;/m0./s1. The fourth-order valence-corrected chi connectivity index (χ4v) is 4.08. The van der Waals surface area contributed by atoms with Crippen LogP contribution in [0, 0.1) is 18.8 Å². The number of alkyl halides is 2. The predicted octanol–water partition coefficient (Wildman–Crippen LogP) is 4.27. The zero-order valence-electron chi connectivity index (χ0n) is 18.6. The number of hydrogen-bond acceptors (Lipinski definition) is 6. The third kappa shape index (κ3) is 5.16. The fraction of sp³-hybridized carbons (Fsp3) is 0.636. The molecule has 0 bridgehead atoms. The molecule has 32 heavy (non-hydrogen) atoms. The van der Waals surface area contributed by atoms with Crippen LogP contribution in [0.4, 0.5) is 13.6 Å². The van der Waals surface area contributed by atoms with Gasteiger partial charge >= 0.3 is 6.09 Å². The normalized spacial score (nSPS) is 24.1. The van der Waals surface area contributed by atoms with Gasteiger partial charge in [-0.1, -0.05) is 18.6 Å². The lowest BCUT2D eigenvalue weighted by molar-refractivity contribution is 0.0724. The van der Waals surface area contributed by atoms with Crippen LogP contribution in [0.3, 0.4) is 0 Å². The molecule has 1 N–H and O–H groups in total. The van der Waals surface area contributed by atoms with Gasteiger partial charge in [0.2, 0.25) is 0 Å². The van der Waals surface area contributed by atoms with E-state index in [0.29, 0.717) is 23.0 Å². The van der Waals surface area contributed by atoms with Crippen LogP contribution in [0.1, 0.15) is 51.8 Å². The van der Waals surface area contributed by atoms with Crippen molar-refractivity contribution in [1.29, 1.82) is 0 Å². The van der Waals surface area contributed by atoms with Crippen LogP contribution >= 0.6 is 0 Å². The number of amides is 1. The Morgan fingerprint density at radius 3 is 2.84 bits per heavy atom. The SMILES string of the molecule is Cc1nc(-c2nnn(C)c2CNC(=O)OC[C@H]2CC2(F)F)ccc1O[C@H]1CCC[C@H](C)C1.[HH]. The average Bonchev–Trinajstić information content (AvgIpc) is 3.19. The Kier molecular flexibility index (Phi) is 6.30. The molecule has 2 aromatic rings. The number of nitrogens with one attached hydrogen (secondary N) is 1. The zero-order valence-corrected chi connectivity index (χ0v) is 18.6. The minimum absolute atomic E-state index is 0. The number of alkyl carbamates (subject to hydrolysis) is 1. The maximum atomic E-state index is 12.9. The van der Waals surface area contributed by atoms with Gasteiger partial charge in [0.25, 0.3) is 5.92 Å². The lowest BCUT2D eigenvalue weighted by Crippen LogP contribution is -2.26. The first kappa shape index (κ1) is 22.4. The quantitative estimate of drug-likeness (QED) is 0.676. The van der Waals surface area contributed by atoms with Crippen molar-refractivity contribution in [3.63, 3.8) is 0 Å². The van der Waals surface area contributed by atoms with Crippen molar-refractivity contribution in [2.45, 2.75) is 64.5 Å². The van der Waals surface area contributed by atoms with Crippen molar-refractivity contribution in [2.24, 2.45) is 18.9 Å². The summed E-state index contributed by atoms with van der Waals surface area (Å²) in [7, 11) is 1.71. The summed E-state index contributed by atoms with van der Waals surface area (Å²) >= 11 is 0. The smallest absolute Gasteiger partial charge is 0.407 e. The van der Waals surface area contributed by atoms with E-state index in [1.807, 2.05) is 19.1 Å². The lowest BCUT2D eigenvalue weighted by atomic mass is 9.89. The molecule has 3 atom stereocenters. The van der Waals surface area contributed by atoms with Crippen molar-refractivity contribution in [1.82, 2.24) is 25.3 Å². The Balaban J connectivity index is 0.00000306. The first-order valence-electron chi connectivity index (χ1n) is 11.0. The van der Waals surface area contributed by atoms with Crippen molar-refractivity contribution in [2.75, 3.05) is 6.61 Å². The summed E-state index contributed by atoms with van der Waals surface area (Å²) in [5.74, 6) is -2.17. The second-order valence-electron chi connectivity index (χ2n) is 8.91. The number of aryl methyl sites for hydroxylation is 2. The Morgan fingerprint density at radius 2 is 2.16 bits per heavy atom. The van der Waals surface area contributed by atoms with E-state index in [-0.39, 0.29) is 27.1 Å². The summed E-state index contributed by atoms with van der Waals surface area (Å²) in [6.07, 6.45) is 3.76. The van der Waals surface area contributed by atoms with Gasteiger partial charge in [0.1, 0.15) is 18.1 Å². The number of carbonyl (C=O) groups excluding carboxylic acids is 1. The van der Waals surface area contributed by atoms with Crippen LogP contribution in [0.15, 0.2) is 12.1 Å². The molecule has 0 unspecified atom stereocenters. The van der Waals surface area contributed by atoms with E-state index < -0.39 is 17.9 Å². The molecule has 176 valence electrons. The fourth-order valence-electron chi connectivity index (χ4n) is 4.08. The predicted molar refractivity (Wildman–Crippen MR) is 114 cm³/mol. The third-order valence-electron chi connectivity index (χ3n) is 6.18. The Labute approximate surface area is 187 Å². The number of ether oxygens (including phenoxy) is 2. The Hall–Kier alpha value is -2.78. The van der Waals surface area contributed by atoms with Crippen LogP contribution in [-0.2, 0) is 18.3 Å². The molecule has 0 saturated heterocycles. The maximum absolute atomic E-state index is 12.9. The van der Waals surface area contributed by atoms with Gasteiger partial charge < -0.3 is 14.8 Å². The first-order chi connectivity index (χ1) is 15.2. The van der Waals surface area contributed by atoms with Gasteiger partial charge in [-0.25, -0.2) is 23.2 Å². The van der Waals surface area contributed by atoms with E-state index >= 15 is 0 Å². The number of halogens is 2. The second-order valence-corrected chi connectivity index (χ2v) is 8.91. The summed E-state index contributed by atoms with van der Waals surface area (Å²) in [6, 6.07) is 3.72. The average molecular weight is 452 g/mol. The van der Waals surface area contributed by atoms with Gasteiger partial charge in [-0.2, -0.15) is 0 Å². The number of carbonyl (C=O) groups is 1. The Morgan fingerprint density at radius 1 is 1.38 bits per heavy atom. The molecule has 2 aliphatic rings. The van der Waals surface area contributed by atoms with Crippen LogP contribution in [0.25, 0.3) is 11.4 Å².